The largest absolute Gasteiger partial charge is 0.480 e. The average Bonchev–Trinajstić information content (AvgIpc) is 2.48. The molecule has 0 radical (unpaired) electrons. The SMILES string of the molecule is CC(C)(C)c1ncc(CN[C@H](C(=O)O)c2ccccc2)cn1. The van der Waals surface area contributed by atoms with Crippen molar-refractivity contribution in [3.05, 3.63) is 59.7 Å². The van der Waals surface area contributed by atoms with E-state index in [0.29, 0.717) is 6.54 Å². The van der Waals surface area contributed by atoms with Gasteiger partial charge in [-0.25, -0.2) is 9.97 Å². The number of hydrogen-bond acceptors (Lipinski definition) is 4. The van der Waals surface area contributed by atoms with Crippen molar-refractivity contribution in [2.45, 2.75) is 38.8 Å². The second-order valence-electron chi connectivity index (χ2n) is 6.23. The normalized spacial score (nSPS) is 12.9. The van der Waals surface area contributed by atoms with Crippen molar-refractivity contribution in [2.24, 2.45) is 0 Å². The number of nitrogens with one attached hydrogen (secondary N) is 1. The molecule has 0 saturated carbocycles. The average molecular weight is 299 g/mol. The van der Waals surface area contributed by atoms with Crippen LogP contribution in [0.2, 0.25) is 0 Å². The summed E-state index contributed by atoms with van der Waals surface area (Å²) in [5.41, 5.74) is 1.48. The fourth-order valence-corrected chi connectivity index (χ4v) is 2.05. The van der Waals surface area contributed by atoms with Crippen LogP contribution < -0.4 is 5.32 Å². The van der Waals surface area contributed by atoms with Crippen LogP contribution in [0.1, 0.15) is 43.8 Å². The first-order valence-corrected chi connectivity index (χ1v) is 7.20. The first-order valence-electron chi connectivity index (χ1n) is 7.20. The third-order valence-electron chi connectivity index (χ3n) is 3.27. The first kappa shape index (κ1) is 16.1. The minimum atomic E-state index is -0.904. The Morgan fingerprint density at radius 2 is 1.77 bits per heavy atom. The number of nitrogens with zero attached hydrogens (tertiary/aromatic N) is 2. The van der Waals surface area contributed by atoms with Crippen LogP contribution in [-0.2, 0) is 16.8 Å². The minimum Gasteiger partial charge on any atom is -0.480 e. The number of hydrogen-bond donors (Lipinski definition) is 2. The highest BCUT2D eigenvalue weighted by Gasteiger charge is 2.19. The van der Waals surface area contributed by atoms with Crippen molar-refractivity contribution in [1.29, 1.82) is 0 Å². The molecule has 1 aromatic carbocycles. The van der Waals surface area contributed by atoms with Crippen LogP contribution in [-0.4, -0.2) is 21.0 Å². The van der Waals surface area contributed by atoms with Gasteiger partial charge in [0.2, 0.25) is 0 Å². The predicted molar refractivity (Wildman–Crippen MR) is 84.4 cm³/mol. The molecule has 1 aromatic heterocycles. The van der Waals surface area contributed by atoms with Crippen molar-refractivity contribution in [3.63, 3.8) is 0 Å². The van der Waals surface area contributed by atoms with Crippen LogP contribution in [0.25, 0.3) is 0 Å². The van der Waals surface area contributed by atoms with E-state index in [9.17, 15) is 9.90 Å². The summed E-state index contributed by atoms with van der Waals surface area (Å²) in [5, 5.41) is 12.4. The maximum atomic E-state index is 11.4. The lowest BCUT2D eigenvalue weighted by Crippen LogP contribution is -2.28. The van der Waals surface area contributed by atoms with Crippen molar-refractivity contribution >= 4 is 5.97 Å². The zero-order chi connectivity index (χ0) is 16.2. The Kier molecular flexibility index (Phi) is 4.88. The Labute approximate surface area is 130 Å². The highest BCUT2D eigenvalue weighted by molar-refractivity contribution is 5.75. The summed E-state index contributed by atoms with van der Waals surface area (Å²) in [6, 6.07) is 8.36. The second-order valence-corrected chi connectivity index (χ2v) is 6.23. The van der Waals surface area contributed by atoms with E-state index in [0.717, 1.165) is 17.0 Å². The van der Waals surface area contributed by atoms with Crippen LogP contribution in [0.5, 0.6) is 0 Å². The van der Waals surface area contributed by atoms with Gasteiger partial charge in [0, 0.05) is 29.9 Å². The van der Waals surface area contributed by atoms with Crippen molar-refractivity contribution in [2.75, 3.05) is 0 Å². The Balaban J connectivity index is 2.06. The number of carboxylic acids is 1. The number of benzene rings is 1. The Morgan fingerprint density at radius 1 is 1.18 bits per heavy atom. The molecule has 2 rings (SSSR count). The molecule has 116 valence electrons. The number of rotatable bonds is 5. The molecular formula is C17H21N3O2. The van der Waals surface area contributed by atoms with Crippen molar-refractivity contribution in [1.82, 2.24) is 15.3 Å². The van der Waals surface area contributed by atoms with E-state index < -0.39 is 12.0 Å². The topological polar surface area (TPSA) is 75.1 Å². The van der Waals surface area contributed by atoms with E-state index in [2.05, 4.69) is 36.1 Å². The molecule has 0 fully saturated rings. The van der Waals surface area contributed by atoms with Gasteiger partial charge in [0.25, 0.3) is 0 Å². The summed E-state index contributed by atoms with van der Waals surface area (Å²) in [4.78, 5) is 20.1. The molecule has 5 heteroatoms. The van der Waals surface area contributed by atoms with Crippen LogP contribution in [0.15, 0.2) is 42.7 Å². The third-order valence-corrected chi connectivity index (χ3v) is 3.27. The summed E-state index contributed by atoms with van der Waals surface area (Å²) in [6.45, 7) is 6.55. The van der Waals surface area contributed by atoms with E-state index >= 15 is 0 Å². The van der Waals surface area contributed by atoms with Gasteiger partial charge in [0.15, 0.2) is 0 Å². The molecular weight excluding hydrogens is 278 g/mol. The zero-order valence-corrected chi connectivity index (χ0v) is 13.1. The standard InChI is InChI=1S/C17H21N3O2/c1-17(2,3)16-19-10-12(11-20-16)9-18-14(15(21)22)13-7-5-4-6-8-13/h4-8,10-11,14,18H,9H2,1-3H3,(H,21,22)/t14-/m0/s1. The summed E-state index contributed by atoms with van der Waals surface area (Å²) in [6.07, 6.45) is 3.48. The summed E-state index contributed by atoms with van der Waals surface area (Å²) >= 11 is 0. The molecule has 2 N–H and O–H groups in total. The Morgan fingerprint density at radius 3 is 2.27 bits per heavy atom. The first-order chi connectivity index (χ1) is 10.4. The summed E-state index contributed by atoms with van der Waals surface area (Å²) in [7, 11) is 0. The molecule has 1 atom stereocenters. The van der Waals surface area contributed by atoms with Gasteiger partial charge in [0.1, 0.15) is 11.9 Å². The molecule has 5 nitrogen and oxygen atoms in total. The van der Waals surface area contributed by atoms with Crippen LogP contribution in [0.4, 0.5) is 0 Å². The van der Waals surface area contributed by atoms with E-state index in [1.807, 2.05) is 18.2 Å². The van der Waals surface area contributed by atoms with Gasteiger partial charge in [-0.2, -0.15) is 0 Å². The lowest BCUT2D eigenvalue weighted by Gasteiger charge is -2.17. The van der Waals surface area contributed by atoms with E-state index in [1.54, 1.807) is 24.5 Å². The smallest absolute Gasteiger partial charge is 0.325 e. The monoisotopic (exact) mass is 299 g/mol. The van der Waals surface area contributed by atoms with Crippen LogP contribution in [0, 0.1) is 0 Å². The number of carboxylic acid groups (broad SMARTS) is 1. The Hall–Kier alpha value is -2.27. The lowest BCUT2D eigenvalue weighted by molar-refractivity contribution is -0.139. The molecule has 0 spiro atoms. The maximum Gasteiger partial charge on any atom is 0.325 e. The second kappa shape index (κ2) is 6.66. The highest BCUT2D eigenvalue weighted by atomic mass is 16.4. The number of carbonyl (C=O) groups is 1. The van der Waals surface area contributed by atoms with E-state index in [-0.39, 0.29) is 5.41 Å². The van der Waals surface area contributed by atoms with Crippen LogP contribution >= 0.6 is 0 Å². The molecule has 0 aliphatic carbocycles. The molecule has 1 heterocycles. The van der Waals surface area contributed by atoms with Crippen LogP contribution in [0.3, 0.4) is 0 Å². The molecule has 2 aromatic rings. The molecule has 22 heavy (non-hydrogen) atoms. The van der Waals surface area contributed by atoms with Crippen molar-refractivity contribution < 1.29 is 9.90 Å². The quantitative estimate of drug-likeness (QED) is 0.888. The number of aliphatic carboxylic acids is 1. The summed E-state index contributed by atoms with van der Waals surface area (Å²) < 4.78 is 0. The van der Waals surface area contributed by atoms with Gasteiger partial charge in [0.05, 0.1) is 0 Å². The van der Waals surface area contributed by atoms with E-state index in [4.69, 9.17) is 0 Å². The van der Waals surface area contributed by atoms with Gasteiger partial charge >= 0.3 is 5.97 Å². The van der Waals surface area contributed by atoms with E-state index in [1.165, 1.54) is 0 Å². The highest BCUT2D eigenvalue weighted by Crippen LogP contribution is 2.17. The van der Waals surface area contributed by atoms with Gasteiger partial charge in [-0.05, 0) is 5.56 Å². The number of aromatic nitrogens is 2. The molecule has 0 aliphatic rings. The maximum absolute atomic E-state index is 11.4. The molecule has 0 amide bonds. The Bertz CT molecular complexity index is 619. The lowest BCUT2D eigenvalue weighted by atomic mass is 9.96. The zero-order valence-electron chi connectivity index (χ0n) is 13.1. The van der Waals surface area contributed by atoms with Gasteiger partial charge < -0.3 is 5.11 Å². The summed E-state index contributed by atoms with van der Waals surface area (Å²) in [5.74, 6) is -0.132. The minimum absolute atomic E-state index is 0.0976. The molecule has 0 bridgehead atoms. The predicted octanol–water partition coefficient (Wildman–Crippen LogP) is 2.69. The molecule has 0 aliphatic heterocycles. The fraction of sp³-hybridized carbons (Fsp3) is 0.353. The fourth-order valence-electron chi connectivity index (χ4n) is 2.05. The molecule has 0 saturated heterocycles. The van der Waals surface area contributed by atoms with Crippen molar-refractivity contribution in [3.8, 4) is 0 Å². The van der Waals surface area contributed by atoms with Gasteiger partial charge in [-0.1, -0.05) is 51.1 Å². The van der Waals surface area contributed by atoms with Gasteiger partial charge in [-0.15, -0.1) is 0 Å². The van der Waals surface area contributed by atoms with Gasteiger partial charge in [-0.3, -0.25) is 10.1 Å². The molecule has 0 unspecified atom stereocenters. The third kappa shape index (κ3) is 4.11.